The second-order valence-electron chi connectivity index (χ2n) is 5.84. The van der Waals surface area contributed by atoms with Crippen LogP contribution < -0.4 is 9.80 Å². The number of aliphatic hydroxyl groups is 1. The van der Waals surface area contributed by atoms with Gasteiger partial charge in [-0.15, -0.1) is 0 Å². The van der Waals surface area contributed by atoms with Crippen molar-refractivity contribution in [1.29, 1.82) is 0 Å². The predicted molar refractivity (Wildman–Crippen MR) is 81.7 cm³/mol. The van der Waals surface area contributed by atoms with Crippen LogP contribution >= 0.6 is 0 Å². The number of benzene rings is 1. The third-order valence-corrected chi connectivity index (χ3v) is 4.25. The third kappa shape index (κ3) is 3.07. The lowest BCUT2D eigenvalue weighted by molar-refractivity contribution is 0.122. The lowest BCUT2D eigenvalue weighted by atomic mass is 10.1. The summed E-state index contributed by atoms with van der Waals surface area (Å²) >= 11 is 0. The molecule has 1 aromatic carbocycles. The number of aryl methyl sites for hydroxylation is 1. The number of piperidine rings is 1. The van der Waals surface area contributed by atoms with Gasteiger partial charge in [-0.1, -0.05) is 0 Å². The molecule has 0 atom stereocenters. The van der Waals surface area contributed by atoms with E-state index in [1.807, 2.05) is 0 Å². The van der Waals surface area contributed by atoms with Crippen molar-refractivity contribution in [2.45, 2.75) is 25.9 Å². The number of hydrogen-bond acceptors (Lipinski definition) is 4. The van der Waals surface area contributed by atoms with Crippen molar-refractivity contribution in [3.05, 3.63) is 23.8 Å². The fraction of sp³-hybridized carbons (Fsp3) is 0.625. The average molecular weight is 276 g/mol. The molecule has 2 aliphatic heterocycles. The minimum atomic E-state index is -0.116. The normalized spacial score (nSPS) is 21.3. The summed E-state index contributed by atoms with van der Waals surface area (Å²) in [4.78, 5) is 4.79. The minimum Gasteiger partial charge on any atom is -0.393 e. The highest BCUT2D eigenvalue weighted by Crippen LogP contribution is 2.27. The first-order valence-electron chi connectivity index (χ1n) is 7.60. The van der Waals surface area contributed by atoms with Gasteiger partial charge in [0.2, 0.25) is 0 Å². The standard InChI is InChI=1S/C16H24N2O2/c1-13-10-14(17-4-2-16(19)3-5-17)12-15(11-13)18-6-8-20-9-7-18/h10-12,16,19H,2-9H2,1H3. The number of ether oxygens (including phenoxy) is 1. The Labute approximate surface area is 120 Å². The van der Waals surface area contributed by atoms with Gasteiger partial charge in [0.05, 0.1) is 19.3 Å². The molecule has 1 N–H and O–H groups in total. The molecular formula is C16H24N2O2. The molecule has 2 heterocycles. The first-order valence-corrected chi connectivity index (χ1v) is 7.60. The Morgan fingerprint density at radius 1 is 0.950 bits per heavy atom. The van der Waals surface area contributed by atoms with Gasteiger partial charge in [0, 0.05) is 37.6 Å². The van der Waals surface area contributed by atoms with E-state index in [2.05, 4.69) is 34.9 Å². The average Bonchev–Trinajstić information content (AvgIpc) is 2.48. The van der Waals surface area contributed by atoms with Gasteiger partial charge in [-0.2, -0.15) is 0 Å². The summed E-state index contributed by atoms with van der Waals surface area (Å²) in [6.45, 7) is 7.65. The predicted octanol–water partition coefficient (Wildman–Crippen LogP) is 1.79. The maximum atomic E-state index is 9.64. The highest BCUT2D eigenvalue weighted by molar-refractivity contribution is 5.62. The Kier molecular flexibility index (Phi) is 4.13. The Morgan fingerprint density at radius 2 is 1.50 bits per heavy atom. The second-order valence-corrected chi connectivity index (χ2v) is 5.84. The third-order valence-electron chi connectivity index (χ3n) is 4.25. The van der Waals surface area contributed by atoms with E-state index in [1.165, 1.54) is 16.9 Å². The zero-order chi connectivity index (χ0) is 13.9. The summed E-state index contributed by atoms with van der Waals surface area (Å²) in [5.41, 5.74) is 3.89. The summed E-state index contributed by atoms with van der Waals surface area (Å²) in [5.74, 6) is 0. The van der Waals surface area contributed by atoms with Crippen molar-refractivity contribution < 1.29 is 9.84 Å². The second kappa shape index (κ2) is 6.02. The van der Waals surface area contributed by atoms with Crippen LogP contribution in [0.2, 0.25) is 0 Å². The van der Waals surface area contributed by atoms with E-state index in [0.717, 1.165) is 52.2 Å². The summed E-state index contributed by atoms with van der Waals surface area (Å²) in [7, 11) is 0. The number of hydrogen-bond donors (Lipinski definition) is 1. The van der Waals surface area contributed by atoms with Gasteiger partial charge in [0.15, 0.2) is 0 Å². The number of aliphatic hydroxyl groups excluding tert-OH is 1. The molecule has 3 rings (SSSR count). The van der Waals surface area contributed by atoms with Gasteiger partial charge >= 0.3 is 0 Å². The quantitative estimate of drug-likeness (QED) is 0.893. The Morgan fingerprint density at radius 3 is 2.10 bits per heavy atom. The first kappa shape index (κ1) is 13.7. The monoisotopic (exact) mass is 276 g/mol. The summed E-state index contributed by atoms with van der Waals surface area (Å²) in [6.07, 6.45) is 1.64. The smallest absolute Gasteiger partial charge is 0.0642 e. The Balaban J connectivity index is 1.79. The van der Waals surface area contributed by atoms with Gasteiger partial charge in [-0.3, -0.25) is 0 Å². The summed E-state index contributed by atoms with van der Waals surface area (Å²) in [6, 6.07) is 6.80. The van der Waals surface area contributed by atoms with Crippen molar-refractivity contribution >= 4 is 11.4 Å². The largest absolute Gasteiger partial charge is 0.393 e. The maximum Gasteiger partial charge on any atom is 0.0642 e. The molecule has 0 amide bonds. The SMILES string of the molecule is Cc1cc(N2CCOCC2)cc(N2CCC(O)CC2)c1. The molecule has 4 heteroatoms. The van der Waals surface area contributed by atoms with Crippen LogP contribution in [0.25, 0.3) is 0 Å². The fourth-order valence-electron chi connectivity index (χ4n) is 3.05. The van der Waals surface area contributed by atoms with Crippen molar-refractivity contribution in [2.75, 3.05) is 49.2 Å². The lowest BCUT2D eigenvalue weighted by Gasteiger charge is -2.34. The molecule has 2 fully saturated rings. The summed E-state index contributed by atoms with van der Waals surface area (Å²) in [5, 5.41) is 9.64. The number of nitrogens with zero attached hydrogens (tertiary/aromatic N) is 2. The van der Waals surface area contributed by atoms with E-state index >= 15 is 0 Å². The first-order chi connectivity index (χ1) is 9.72. The zero-order valence-electron chi connectivity index (χ0n) is 12.2. The molecule has 4 nitrogen and oxygen atoms in total. The molecule has 0 bridgehead atoms. The molecule has 0 spiro atoms. The van der Waals surface area contributed by atoms with Crippen LogP contribution in [0, 0.1) is 6.92 Å². The summed E-state index contributed by atoms with van der Waals surface area (Å²) < 4.78 is 5.43. The highest BCUT2D eigenvalue weighted by atomic mass is 16.5. The van der Waals surface area contributed by atoms with Crippen molar-refractivity contribution in [3.63, 3.8) is 0 Å². The van der Waals surface area contributed by atoms with Crippen LogP contribution in [0.5, 0.6) is 0 Å². The molecule has 20 heavy (non-hydrogen) atoms. The van der Waals surface area contributed by atoms with Crippen molar-refractivity contribution in [3.8, 4) is 0 Å². The Hall–Kier alpha value is -1.26. The van der Waals surface area contributed by atoms with Gasteiger partial charge in [0.1, 0.15) is 0 Å². The molecule has 0 saturated carbocycles. The highest BCUT2D eigenvalue weighted by Gasteiger charge is 2.19. The Bertz CT molecular complexity index is 450. The van der Waals surface area contributed by atoms with Crippen molar-refractivity contribution in [1.82, 2.24) is 0 Å². The molecule has 0 radical (unpaired) electrons. The van der Waals surface area contributed by atoms with Crippen LogP contribution in [0.15, 0.2) is 18.2 Å². The van der Waals surface area contributed by atoms with E-state index in [1.54, 1.807) is 0 Å². The maximum absolute atomic E-state index is 9.64. The van der Waals surface area contributed by atoms with Crippen molar-refractivity contribution in [2.24, 2.45) is 0 Å². The minimum absolute atomic E-state index is 0.116. The molecule has 0 aromatic heterocycles. The molecule has 1 aromatic rings. The molecular weight excluding hydrogens is 252 g/mol. The van der Waals surface area contributed by atoms with E-state index in [0.29, 0.717) is 0 Å². The molecule has 2 aliphatic rings. The number of morpholine rings is 1. The van der Waals surface area contributed by atoms with Crippen LogP contribution in [0.1, 0.15) is 18.4 Å². The molecule has 0 aliphatic carbocycles. The van der Waals surface area contributed by atoms with E-state index in [9.17, 15) is 5.11 Å². The van der Waals surface area contributed by atoms with E-state index in [4.69, 9.17) is 4.74 Å². The van der Waals surface area contributed by atoms with Crippen LogP contribution in [0.3, 0.4) is 0 Å². The molecule has 2 saturated heterocycles. The number of rotatable bonds is 2. The van der Waals surface area contributed by atoms with Crippen LogP contribution in [-0.2, 0) is 4.74 Å². The van der Waals surface area contributed by atoms with Crippen LogP contribution in [-0.4, -0.2) is 50.6 Å². The number of anilines is 2. The lowest BCUT2D eigenvalue weighted by Crippen LogP contribution is -2.37. The van der Waals surface area contributed by atoms with E-state index < -0.39 is 0 Å². The molecule has 110 valence electrons. The van der Waals surface area contributed by atoms with Gasteiger partial charge < -0.3 is 19.6 Å². The van der Waals surface area contributed by atoms with Gasteiger partial charge in [0.25, 0.3) is 0 Å². The van der Waals surface area contributed by atoms with Gasteiger partial charge in [-0.05, 0) is 43.5 Å². The van der Waals surface area contributed by atoms with Crippen LogP contribution in [0.4, 0.5) is 11.4 Å². The molecule has 0 unspecified atom stereocenters. The zero-order valence-corrected chi connectivity index (χ0v) is 12.2. The topological polar surface area (TPSA) is 35.9 Å². The fourth-order valence-corrected chi connectivity index (χ4v) is 3.05. The van der Waals surface area contributed by atoms with E-state index in [-0.39, 0.29) is 6.10 Å². The van der Waals surface area contributed by atoms with Gasteiger partial charge in [-0.25, -0.2) is 0 Å².